The van der Waals surface area contributed by atoms with Crippen LogP contribution in [0.5, 0.6) is 11.5 Å². The molecule has 2 amide bonds. The molecule has 0 saturated heterocycles. The molecule has 0 aliphatic carbocycles. The monoisotopic (exact) mass is 428 g/mol. The van der Waals surface area contributed by atoms with Gasteiger partial charge in [0, 0.05) is 11.8 Å². The SMILES string of the molecule is COc1ccc(NC2=C(c3ccccc3)C(=O)N(c3ccc(C)c(C)c3)C2=O)cc1OC. The Morgan fingerprint density at radius 1 is 0.750 bits per heavy atom. The smallest absolute Gasteiger partial charge is 0.282 e. The van der Waals surface area contributed by atoms with Gasteiger partial charge in [-0.3, -0.25) is 9.59 Å². The maximum absolute atomic E-state index is 13.5. The molecule has 3 aromatic carbocycles. The molecule has 1 heterocycles. The summed E-state index contributed by atoms with van der Waals surface area (Å²) in [6.07, 6.45) is 0. The molecule has 1 N–H and O–H groups in total. The van der Waals surface area contributed by atoms with Crippen molar-refractivity contribution < 1.29 is 19.1 Å². The molecule has 0 unspecified atom stereocenters. The van der Waals surface area contributed by atoms with E-state index in [-0.39, 0.29) is 11.6 Å². The molecule has 0 spiro atoms. The summed E-state index contributed by atoms with van der Waals surface area (Å²) in [6.45, 7) is 3.95. The van der Waals surface area contributed by atoms with Crippen molar-refractivity contribution in [3.63, 3.8) is 0 Å². The first kappa shape index (κ1) is 21.2. The van der Waals surface area contributed by atoms with Crippen LogP contribution in [0.3, 0.4) is 0 Å². The summed E-state index contributed by atoms with van der Waals surface area (Å²) in [5, 5.41) is 3.15. The Morgan fingerprint density at radius 3 is 2.12 bits per heavy atom. The second-order valence-corrected chi connectivity index (χ2v) is 7.53. The van der Waals surface area contributed by atoms with Crippen molar-refractivity contribution in [2.45, 2.75) is 13.8 Å². The van der Waals surface area contributed by atoms with Crippen LogP contribution >= 0.6 is 0 Å². The summed E-state index contributed by atoms with van der Waals surface area (Å²) in [6, 6.07) is 20.0. The summed E-state index contributed by atoms with van der Waals surface area (Å²) in [5.41, 5.74) is 4.45. The Hall–Kier alpha value is -4.06. The molecule has 4 rings (SSSR count). The van der Waals surface area contributed by atoms with E-state index in [0.29, 0.717) is 34.0 Å². The number of hydrogen-bond donors (Lipinski definition) is 1. The lowest BCUT2D eigenvalue weighted by molar-refractivity contribution is -0.120. The highest BCUT2D eigenvalue weighted by atomic mass is 16.5. The molecule has 0 radical (unpaired) electrons. The van der Waals surface area contributed by atoms with Crippen molar-refractivity contribution >= 4 is 28.8 Å². The number of anilines is 2. The number of rotatable bonds is 6. The van der Waals surface area contributed by atoms with Crippen molar-refractivity contribution in [1.82, 2.24) is 0 Å². The third kappa shape index (κ3) is 3.71. The van der Waals surface area contributed by atoms with Gasteiger partial charge in [-0.2, -0.15) is 0 Å². The van der Waals surface area contributed by atoms with Gasteiger partial charge in [0.2, 0.25) is 0 Å². The molecule has 1 aliphatic heterocycles. The van der Waals surface area contributed by atoms with Crippen molar-refractivity contribution in [3.8, 4) is 11.5 Å². The van der Waals surface area contributed by atoms with Crippen LogP contribution in [0.1, 0.15) is 16.7 Å². The molecule has 1 aliphatic rings. The summed E-state index contributed by atoms with van der Waals surface area (Å²) in [7, 11) is 3.10. The van der Waals surface area contributed by atoms with Crippen LogP contribution < -0.4 is 19.7 Å². The van der Waals surface area contributed by atoms with Gasteiger partial charge in [0.1, 0.15) is 5.70 Å². The van der Waals surface area contributed by atoms with Gasteiger partial charge in [-0.1, -0.05) is 36.4 Å². The molecule has 0 atom stereocenters. The number of methoxy groups -OCH3 is 2. The van der Waals surface area contributed by atoms with E-state index in [2.05, 4.69) is 5.32 Å². The van der Waals surface area contributed by atoms with Crippen molar-refractivity contribution in [2.24, 2.45) is 0 Å². The third-order valence-corrected chi connectivity index (χ3v) is 5.55. The zero-order valence-electron chi connectivity index (χ0n) is 18.4. The summed E-state index contributed by atoms with van der Waals surface area (Å²) in [4.78, 5) is 28.2. The van der Waals surface area contributed by atoms with Gasteiger partial charge < -0.3 is 14.8 Å². The van der Waals surface area contributed by atoms with E-state index in [1.807, 2.05) is 56.3 Å². The van der Waals surface area contributed by atoms with Crippen molar-refractivity contribution in [1.29, 1.82) is 0 Å². The lowest BCUT2D eigenvalue weighted by Crippen LogP contribution is -2.32. The first-order valence-electron chi connectivity index (χ1n) is 10.2. The van der Waals surface area contributed by atoms with Gasteiger partial charge in [-0.05, 0) is 54.8 Å². The number of carbonyl (C=O) groups excluding carboxylic acids is 2. The van der Waals surface area contributed by atoms with E-state index >= 15 is 0 Å². The van der Waals surface area contributed by atoms with Crippen LogP contribution in [0.25, 0.3) is 5.57 Å². The highest BCUT2D eigenvalue weighted by Gasteiger charge is 2.40. The number of benzene rings is 3. The fourth-order valence-corrected chi connectivity index (χ4v) is 3.68. The van der Waals surface area contributed by atoms with Crippen molar-refractivity contribution in [3.05, 3.63) is 89.1 Å². The van der Waals surface area contributed by atoms with E-state index in [4.69, 9.17) is 9.47 Å². The third-order valence-electron chi connectivity index (χ3n) is 5.55. The van der Waals surface area contributed by atoms with Gasteiger partial charge in [-0.25, -0.2) is 4.90 Å². The normalized spacial score (nSPS) is 13.6. The molecule has 0 saturated carbocycles. The fraction of sp³-hybridized carbons (Fsp3) is 0.154. The predicted molar refractivity (Wildman–Crippen MR) is 125 cm³/mol. The van der Waals surface area contributed by atoms with Crippen LogP contribution in [0.2, 0.25) is 0 Å². The second kappa shape index (κ2) is 8.59. The minimum Gasteiger partial charge on any atom is -0.493 e. The standard InChI is InChI=1S/C26H24N2O4/c1-16-10-12-20(14-17(16)2)28-25(29)23(18-8-6-5-7-9-18)24(26(28)30)27-19-11-13-21(31-3)22(15-19)32-4/h5-15,27H,1-4H3. The Morgan fingerprint density at radius 2 is 1.47 bits per heavy atom. The van der Waals surface area contributed by atoms with E-state index in [0.717, 1.165) is 11.1 Å². The Labute approximate surface area is 187 Å². The van der Waals surface area contributed by atoms with E-state index in [1.54, 1.807) is 38.5 Å². The maximum Gasteiger partial charge on any atom is 0.282 e. The molecule has 162 valence electrons. The van der Waals surface area contributed by atoms with Gasteiger partial charge in [0.15, 0.2) is 11.5 Å². The predicted octanol–water partition coefficient (Wildman–Crippen LogP) is 4.72. The largest absolute Gasteiger partial charge is 0.493 e. The van der Waals surface area contributed by atoms with Gasteiger partial charge in [0.25, 0.3) is 11.8 Å². The maximum atomic E-state index is 13.5. The first-order valence-corrected chi connectivity index (χ1v) is 10.2. The van der Waals surface area contributed by atoms with E-state index in [1.165, 1.54) is 4.90 Å². The molecular weight excluding hydrogens is 404 g/mol. The van der Waals surface area contributed by atoms with Gasteiger partial charge >= 0.3 is 0 Å². The zero-order chi connectivity index (χ0) is 22.8. The number of carbonyl (C=O) groups is 2. The number of nitrogens with zero attached hydrogens (tertiary/aromatic N) is 1. The Balaban J connectivity index is 1.80. The quantitative estimate of drug-likeness (QED) is 0.576. The second-order valence-electron chi connectivity index (χ2n) is 7.53. The first-order chi connectivity index (χ1) is 15.4. The minimum atomic E-state index is -0.410. The molecule has 0 fully saturated rings. The molecule has 0 bridgehead atoms. The summed E-state index contributed by atoms with van der Waals surface area (Å²) in [5.74, 6) is 0.308. The Bertz CT molecular complexity index is 1230. The van der Waals surface area contributed by atoms with Crippen LogP contribution in [-0.4, -0.2) is 26.0 Å². The summed E-state index contributed by atoms with van der Waals surface area (Å²) >= 11 is 0. The summed E-state index contributed by atoms with van der Waals surface area (Å²) < 4.78 is 10.7. The average Bonchev–Trinajstić information content (AvgIpc) is 3.05. The van der Waals surface area contributed by atoms with E-state index in [9.17, 15) is 9.59 Å². The Kier molecular flexibility index (Phi) is 5.69. The lowest BCUT2D eigenvalue weighted by Gasteiger charge is -2.17. The molecule has 3 aromatic rings. The van der Waals surface area contributed by atoms with Crippen LogP contribution in [0, 0.1) is 13.8 Å². The number of hydrogen-bond acceptors (Lipinski definition) is 5. The fourth-order valence-electron chi connectivity index (χ4n) is 3.68. The van der Waals surface area contributed by atoms with Crippen LogP contribution in [0.4, 0.5) is 11.4 Å². The van der Waals surface area contributed by atoms with Crippen LogP contribution in [0.15, 0.2) is 72.4 Å². The van der Waals surface area contributed by atoms with Crippen LogP contribution in [-0.2, 0) is 9.59 Å². The van der Waals surface area contributed by atoms with Crippen molar-refractivity contribution in [2.75, 3.05) is 24.4 Å². The number of nitrogens with one attached hydrogen (secondary N) is 1. The number of imide groups is 1. The molecule has 6 nitrogen and oxygen atoms in total. The van der Waals surface area contributed by atoms with Gasteiger partial charge in [-0.15, -0.1) is 0 Å². The average molecular weight is 428 g/mol. The highest BCUT2D eigenvalue weighted by molar-refractivity contribution is 6.46. The molecular formula is C26H24N2O4. The molecule has 32 heavy (non-hydrogen) atoms. The zero-order valence-corrected chi connectivity index (χ0v) is 18.4. The number of amides is 2. The highest BCUT2D eigenvalue weighted by Crippen LogP contribution is 2.36. The van der Waals surface area contributed by atoms with E-state index < -0.39 is 5.91 Å². The lowest BCUT2D eigenvalue weighted by atomic mass is 10.0. The molecule has 0 aromatic heterocycles. The minimum absolute atomic E-state index is 0.214. The van der Waals surface area contributed by atoms with Gasteiger partial charge in [0.05, 0.1) is 25.5 Å². The molecule has 6 heteroatoms. The number of ether oxygens (including phenoxy) is 2. The number of aryl methyl sites for hydroxylation is 2. The topological polar surface area (TPSA) is 67.9 Å².